The summed E-state index contributed by atoms with van der Waals surface area (Å²) in [6, 6.07) is 18.1. The first-order valence-electron chi connectivity index (χ1n) is 13.2. The summed E-state index contributed by atoms with van der Waals surface area (Å²) >= 11 is 15.8. The number of sulfonamides is 1. The van der Waals surface area contributed by atoms with E-state index in [-0.39, 0.29) is 17.4 Å². The van der Waals surface area contributed by atoms with Crippen molar-refractivity contribution in [1.29, 1.82) is 0 Å². The molecular weight excluding hydrogens is 651 g/mol. The molecule has 1 unspecified atom stereocenters. The number of aliphatic hydroxyl groups is 1. The Morgan fingerprint density at radius 2 is 1.85 bits per heavy atom. The predicted octanol–water partition coefficient (Wildman–Crippen LogP) is 5.93. The van der Waals surface area contributed by atoms with Gasteiger partial charge in [-0.05, 0) is 77.1 Å². The molecule has 4 rings (SSSR count). The quantitative estimate of drug-likeness (QED) is 0.153. The minimum Gasteiger partial charge on any atom is -0.399 e. The summed E-state index contributed by atoms with van der Waals surface area (Å²) in [7, 11) is -0.889. The Hall–Kier alpha value is -2.05. The zero-order valence-electron chi connectivity index (χ0n) is 22.9. The molecule has 2 heterocycles. The SMILES string of the molecule is CO/N=C(/CN(C)S(=O)(=O)c1ccnc(Br)c1)C(CCN1CCC(O)(c2ccccc2)CC1)c1ccc(Cl)c(Cl)c1. The number of hydrogen-bond donors (Lipinski definition) is 1. The number of halogens is 3. The van der Waals surface area contributed by atoms with Gasteiger partial charge in [-0.3, -0.25) is 0 Å². The molecule has 0 bridgehead atoms. The highest BCUT2D eigenvalue weighted by molar-refractivity contribution is 9.10. The molecule has 3 aromatic rings. The number of nitrogens with zero attached hydrogens (tertiary/aromatic N) is 4. The van der Waals surface area contributed by atoms with Crippen LogP contribution in [0.4, 0.5) is 0 Å². The van der Waals surface area contributed by atoms with Crippen LogP contribution < -0.4 is 0 Å². The second kappa shape index (κ2) is 13.9. The van der Waals surface area contributed by atoms with Crippen LogP contribution in [0.1, 0.15) is 36.3 Å². The number of benzene rings is 2. The summed E-state index contributed by atoms with van der Waals surface area (Å²) < 4.78 is 28.4. The van der Waals surface area contributed by atoms with Crippen LogP contribution in [0.15, 0.2) is 81.5 Å². The van der Waals surface area contributed by atoms with Crippen LogP contribution >= 0.6 is 39.1 Å². The van der Waals surface area contributed by atoms with Crippen molar-refractivity contribution in [2.24, 2.45) is 5.16 Å². The van der Waals surface area contributed by atoms with Crippen LogP contribution in [0.25, 0.3) is 0 Å². The van der Waals surface area contributed by atoms with Crippen molar-refractivity contribution in [2.45, 2.75) is 35.7 Å². The van der Waals surface area contributed by atoms with Gasteiger partial charge in [0.1, 0.15) is 11.7 Å². The summed E-state index contributed by atoms with van der Waals surface area (Å²) in [5, 5.41) is 16.4. The molecule has 220 valence electrons. The highest BCUT2D eigenvalue weighted by Gasteiger charge is 2.34. The number of aromatic nitrogens is 1. The molecule has 1 aliphatic rings. The van der Waals surface area contributed by atoms with Crippen LogP contribution in [-0.4, -0.2) is 73.8 Å². The first-order chi connectivity index (χ1) is 19.5. The van der Waals surface area contributed by atoms with Gasteiger partial charge >= 0.3 is 0 Å². The van der Waals surface area contributed by atoms with Crippen LogP contribution in [0.3, 0.4) is 0 Å². The van der Waals surface area contributed by atoms with E-state index in [1.165, 1.54) is 36.8 Å². The van der Waals surface area contributed by atoms with Crippen molar-refractivity contribution >= 4 is 54.9 Å². The lowest BCUT2D eigenvalue weighted by molar-refractivity contribution is -0.0261. The molecule has 0 amide bonds. The molecule has 1 aliphatic heterocycles. The van der Waals surface area contributed by atoms with Crippen LogP contribution in [0.2, 0.25) is 10.0 Å². The molecule has 0 aliphatic carbocycles. The van der Waals surface area contributed by atoms with E-state index in [9.17, 15) is 13.5 Å². The van der Waals surface area contributed by atoms with Gasteiger partial charge in [-0.25, -0.2) is 13.4 Å². The first kappa shape index (κ1) is 31.9. The molecule has 1 aromatic heterocycles. The molecular formula is C29H33BrCl2N4O4S. The minimum atomic E-state index is -3.84. The highest BCUT2D eigenvalue weighted by Crippen LogP contribution is 2.34. The second-order valence-corrected chi connectivity index (χ2v) is 13.8. The third-order valence-electron chi connectivity index (χ3n) is 7.48. The van der Waals surface area contributed by atoms with Crippen LogP contribution in [-0.2, 0) is 20.5 Å². The second-order valence-electron chi connectivity index (χ2n) is 10.1. The average Bonchev–Trinajstić information content (AvgIpc) is 2.96. The van der Waals surface area contributed by atoms with Crippen LogP contribution in [0, 0.1) is 0 Å². The van der Waals surface area contributed by atoms with Crippen molar-refractivity contribution in [3.05, 3.63) is 92.6 Å². The lowest BCUT2D eigenvalue weighted by Gasteiger charge is -2.39. The molecule has 0 radical (unpaired) electrons. The van der Waals surface area contributed by atoms with E-state index < -0.39 is 15.6 Å². The zero-order chi connectivity index (χ0) is 29.6. The highest BCUT2D eigenvalue weighted by atomic mass is 79.9. The fourth-order valence-electron chi connectivity index (χ4n) is 5.11. The molecule has 1 fully saturated rings. The van der Waals surface area contributed by atoms with E-state index in [0.29, 0.717) is 46.2 Å². The Morgan fingerprint density at radius 3 is 2.49 bits per heavy atom. The largest absolute Gasteiger partial charge is 0.399 e. The van der Waals surface area contributed by atoms with Gasteiger partial charge < -0.3 is 14.8 Å². The molecule has 0 saturated carbocycles. The molecule has 1 N–H and O–H groups in total. The molecule has 0 spiro atoms. The van der Waals surface area contributed by atoms with Crippen molar-refractivity contribution in [3.8, 4) is 0 Å². The molecule has 41 heavy (non-hydrogen) atoms. The standard InChI is InChI=1S/C29H33BrCl2N4O4S/c1-35(41(38,39)23-10-14-33-28(30)19-23)20-27(34-40-2)24(21-8-9-25(31)26(32)18-21)11-15-36-16-12-29(37,13-17-36)22-6-4-3-5-7-22/h3-10,14,18-19,24,37H,11-13,15-17,20H2,1-2H3/b34-27-. The number of piperidine rings is 1. The summed E-state index contributed by atoms with van der Waals surface area (Å²) in [6.07, 6.45) is 3.30. The average molecular weight is 684 g/mol. The van der Waals surface area contributed by atoms with E-state index in [0.717, 1.165) is 24.2 Å². The Bertz CT molecular complexity index is 1470. The molecule has 8 nitrogen and oxygen atoms in total. The molecule has 1 saturated heterocycles. The van der Waals surface area contributed by atoms with Gasteiger partial charge in [0.25, 0.3) is 0 Å². The third-order valence-corrected chi connectivity index (χ3v) is 10.4. The van der Waals surface area contributed by atoms with Gasteiger partial charge in [0.05, 0.1) is 32.8 Å². The van der Waals surface area contributed by atoms with Gasteiger partial charge in [-0.2, -0.15) is 4.31 Å². The smallest absolute Gasteiger partial charge is 0.243 e. The van der Waals surface area contributed by atoms with Crippen molar-refractivity contribution in [1.82, 2.24) is 14.2 Å². The Kier molecular flexibility index (Phi) is 10.8. The summed E-state index contributed by atoms with van der Waals surface area (Å²) in [4.78, 5) is 11.7. The van der Waals surface area contributed by atoms with Crippen LogP contribution in [0.5, 0.6) is 0 Å². The van der Waals surface area contributed by atoms with Gasteiger partial charge in [0.2, 0.25) is 10.0 Å². The molecule has 2 aromatic carbocycles. The Balaban J connectivity index is 1.54. The summed E-state index contributed by atoms with van der Waals surface area (Å²) in [5.74, 6) is -0.304. The van der Waals surface area contributed by atoms with E-state index in [4.69, 9.17) is 28.0 Å². The lowest BCUT2D eigenvalue weighted by Crippen LogP contribution is -2.43. The number of pyridine rings is 1. The maximum Gasteiger partial charge on any atom is 0.243 e. The van der Waals surface area contributed by atoms with E-state index in [1.54, 1.807) is 12.1 Å². The third kappa shape index (κ3) is 7.87. The number of rotatable bonds is 11. The minimum absolute atomic E-state index is 0.00517. The van der Waals surface area contributed by atoms with Gasteiger partial charge in [-0.1, -0.05) is 64.8 Å². The van der Waals surface area contributed by atoms with Gasteiger partial charge in [0, 0.05) is 32.3 Å². The Labute approximate surface area is 260 Å². The topological polar surface area (TPSA) is 95.3 Å². The lowest BCUT2D eigenvalue weighted by atomic mass is 9.84. The fourth-order valence-corrected chi connectivity index (χ4v) is 7.09. The maximum atomic E-state index is 13.4. The normalized spacial score (nSPS) is 17.0. The van der Waals surface area contributed by atoms with Crippen molar-refractivity contribution in [3.63, 3.8) is 0 Å². The zero-order valence-corrected chi connectivity index (χ0v) is 26.8. The van der Waals surface area contributed by atoms with E-state index in [1.807, 2.05) is 36.4 Å². The van der Waals surface area contributed by atoms with E-state index in [2.05, 4.69) is 31.0 Å². The van der Waals surface area contributed by atoms with Crippen molar-refractivity contribution < 1.29 is 18.4 Å². The number of oxime groups is 1. The molecule has 12 heteroatoms. The Morgan fingerprint density at radius 1 is 1.15 bits per heavy atom. The summed E-state index contributed by atoms with van der Waals surface area (Å²) in [5.41, 5.74) is 1.48. The molecule has 1 atom stereocenters. The van der Waals surface area contributed by atoms with Gasteiger partial charge in [-0.15, -0.1) is 0 Å². The van der Waals surface area contributed by atoms with Crippen molar-refractivity contribution in [2.75, 3.05) is 40.3 Å². The number of likely N-dealkylation sites (tertiary alicyclic amines) is 1. The maximum absolute atomic E-state index is 13.4. The number of hydrogen-bond acceptors (Lipinski definition) is 7. The first-order valence-corrected chi connectivity index (χ1v) is 16.2. The monoisotopic (exact) mass is 682 g/mol. The fraction of sp³-hybridized carbons (Fsp3) is 0.379. The van der Waals surface area contributed by atoms with E-state index >= 15 is 0 Å². The predicted molar refractivity (Wildman–Crippen MR) is 166 cm³/mol. The summed E-state index contributed by atoms with van der Waals surface area (Å²) in [6.45, 7) is 2.14. The van der Waals surface area contributed by atoms with Gasteiger partial charge in [0.15, 0.2) is 0 Å².